The summed E-state index contributed by atoms with van der Waals surface area (Å²) >= 11 is 5.65. The number of nitriles is 1. The number of rotatable bonds is 5. The Balaban J connectivity index is 0.000000787. The summed E-state index contributed by atoms with van der Waals surface area (Å²) in [6, 6.07) is 18.8. The van der Waals surface area contributed by atoms with Gasteiger partial charge >= 0.3 is 0 Å². The molecule has 1 atom stereocenters. The van der Waals surface area contributed by atoms with Crippen LogP contribution in [0, 0.1) is 60.0 Å². The zero-order valence-electron chi connectivity index (χ0n) is 30.8. The highest BCUT2D eigenvalue weighted by atomic mass is 35.7. The van der Waals surface area contributed by atoms with E-state index in [-0.39, 0.29) is 59.6 Å². The molecule has 3 heterocycles. The van der Waals surface area contributed by atoms with Gasteiger partial charge < -0.3 is 16.0 Å². The Hall–Kier alpha value is -5.74. The molecule has 0 spiro atoms. The summed E-state index contributed by atoms with van der Waals surface area (Å²) in [5.74, 6) is -2.44. The summed E-state index contributed by atoms with van der Waals surface area (Å²) < 4.78 is 109. The summed E-state index contributed by atoms with van der Waals surface area (Å²) in [5.41, 5.74) is 13.7. The van der Waals surface area contributed by atoms with Crippen molar-refractivity contribution in [3.05, 3.63) is 145 Å². The molecule has 0 saturated heterocycles. The van der Waals surface area contributed by atoms with Crippen LogP contribution in [0.1, 0.15) is 22.3 Å². The van der Waals surface area contributed by atoms with Crippen molar-refractivity contribution in [1.29, 1.82) is 5.26 Å². The Morgan fingerprint density at radius 2 is 1.21 bits per heavy atom. The number of fused-ring (bicyclic) bond motifs is 3. The van der Waals surface area contributed by atoms with Gasteiger partial charge in [0, 0.05) is 34.6 Å². The summed E-state index contributed by atoms with van der Waals surface area (Å²) in [6.45, 7) is 0. The minimum Gasteiger partial charge on any atom is -0.749 e. The molecule has 360 valence electrons. The van der Waals surface area contributed by atoms with Crippen molar-refractivity contribution in [3.63, 3.8) is 0 Å². The third-order valence-corrected chi connectivity index (χ3v) is 12.0. The normalized spacial score (nSPS) is 10.3. The Bertz CT molecular complexity index is 3090. The lowest BCUT2D eigenvalue weighted by Gasteiger charge is -1.97. The molecule has 0 radical (unpaired) electrons. The van der Waals surface area contributed by atoms with Gasteiger partial charge in [0.15, 0.2) is 10.9 Å². The van der Waals surface area contributed by atoms with Crippen LogP contribution in [0.25, 0.3) is 30.6 Å². The summed E-state index contributed by atoms with van der Waals surface area (Å²) in [6.07, 6.45) is 0. The van der Waals surface area contributed by atoms with Gasteiger partial charge in [-0.05, 0) is 48.5 Å². The van der Waals surface area contributed by atoms with E-state index in [0.717, 1.165) is 53.3 Å². The van der Waals surface area contributed by atoms with E-state index in [2.05, 4.69) is 30.6 Å². The lowest BCUT2D eigenvalue weighted by atomic mass is 10.3. The molecule has 17 nitrogen and oxygen atoms in total. The molecular formula is C37H32Cl2F5N8O9S6-. The number of aromatic nitrogens is 3. The molecule has 0 amide bonds. The topological polar surface area (TPSA) is 284 Å². The van der Waals surface area contributed by atoms with E-state index in [1.807, 2.05) is 0 Å². The predicted octanol–water partition coefficient (Wildman–Crippen LogP) is 12.3. The number of nitrogens with zero attached hydrogens (tertiary/aromatic N) is 6. The van der Waals surface area contributed by atoms with Gasteiger partial charge in [0.25, 0.3) is 20.4 Å². The standard InChI is InChI=1S/C7H3ClFNO2S2.C7H3FN2O2S.C7H5FN2S.C7H4FNS.C6H5FN2O2.3CH4.ClHO3S/c8-14(11,12)5-2-1-4(9)7-6(5)10-3-13-7;8-5-2-1-3-6(10(11)12)7(5)13-4-9;8-4-2-1-3-5-6(4)11-7(9)10-5;8-5-2-1-3-6-7(5)10-4-9-6;7-4-2-1-3-5(6(4)8)9(10)11;;;;1-4-5(2)3/h1-3H;1-3H;1-3H,(H2,9,10);1-4H;1-3H,8H2;3*1H4;(H,2,3)/p-1. The number of nitrogens with two attached hydrogens (primary N) is 2. The van der Waals surface area contributed by atoms with Gasteiger partial charge in [0.2, 0.25) is 0 Å². The van der Waals surface area contributed by atoms with Crippen molar-refractivity contribution >= 4 is 142 Å². The van der Waals surface area contributed by atoms with Gasteiger partial charge in [-0.1, -0.05) is 57.9 Å². The van der Waals surface area contributed by atoms with Crippen LogP contribution < -0.4 is 11.5 Å². The number of benzene rings is 5. The Morgan fingerprint density at radius 1 is 0.731 bits per heavy atom. The minimum atomic E-state index is -3.87. The first-order valence-corrected chi connectivity index (χ1v) is 23.0. The number of halogens is 7. The van der Waals surface area contributed by atoms with Gasteiger partial charge in [-0.3, -0.25) is 20.2 Å². The molecule has 67 heavy (non-hydrogen) atoms. The maximum atomic E-state index is 13.1. The molecular weight excluding hydrogens is 1060 g/mol. The second-order valence-electron chi connectivity index (χ2n) is 10.8. The van der Waals surface area contributed by atoms with Crippen molar-refractivity contribution < 1.29 is 52.7 Å². The van der Waals surface area contributed by atoms with Gasteiger partial charge in [-0.15, -0.1) is 22.7 Å². The first-order valence-electron chi connectivity index (χ1n) is 16.0. The average molecular weight is 1090 g/mol. The Morgan fingerprint density at radius 3 is 1.72 bits per heavy atom. The van der Waals surface area contributed by atoms with Gasteiger partial charge in [-0.2, -0.15) is 9.00 Å². The zero-order valence-corrected chi connectivity index (χ0v) is 37.3. The third-order valence-electron chi connectivity index (χ3n) is 6.92. The molecule has 8 aromatic rings. The van der Waals surface area contributed by atoms with Crippen molar-refractivity contribution in [2.24, 2.45) is 0 Å². The lowest BCUT2D eigenvalue weighted by molar-refractivity contribution is -0.388. The van der Waals surface area contributed by atoms with E-state index in [1.165, 1.54) is 52.4 Å². The van der Waals surface area contributed by atoms with Crippen molar-refractivity contribution in [3.8, 4) is 5.40 Å². The SMILES string of the molecule is C.C.C.Fc1cccc2ncsc12.N#CSc1c(F)cccc1[N+](=O)[O-].Nc1c(F)cccc1[N+](=O)[O-].Nc1nc2cccc(F)c2s1.O=S(=O)(Cl)c1ccc(F)c2scnc12.O=S([O-])OCl. The van der Waals surface area contributed by atoms with Crippen molar-refractivity contribution in [2.45, 2.75) is 32.1 Å². The number of anilines is 2. The van der Waals surface area contributed by atoms with Gasteiger partial charge in [-0.25, -0.2) is 49.5 Å². The van der Waals surface area contributed by atoms with Crippen LogP contribution in [-0.2, 0) is 24.1 Å². The molecule has 4 N–H and O–H groups in total. The van der Waals surface area contributed by atoms with Crippen LogP contribution in [-0.4, -0.2) is 42.0 Å². The second kappa shape index (κ2) is 29.1. The molecule has 1 unspecified atom stereocenters. The molecule has 0 aliphatic heterocycles. The Kier molecular flexibility index (Phi) is 26.6. The molecule has 0 aliphatic carbocycles. The minimum absolute atomic E-state index is 0. The first-order chi connectivity index (χ1) is 30.2. The molecule has 3 aromatic heterocycles. The molecule has 8 rings (SSSR count). The van der Waals surface area contributed by atoms with Crippen molar-refractivity contribution in [1.82, 2.24) is 15.0 Å². The molecule has 0 aliphatic rings. The number of nitro groups is 2. The molecule has 5 aromatic carbocycles. The van der Waals surface area contributed by atoms with E-state index in [0.29, 0.717) is 31.8 Å². The largest absolute Gasteiger partial charge is 0.749 e. The van der Waals surface area contributed by atoms with Crippen LogP contribution >= 0.6 is 68.3 Å². The molecule has 0 fully saturated rings. The molecule has 0 bridgehead atoms. The quantitative estimate of drug-likeness (QED) is 0.0237. The average Bonchev–Trinajstić information content (AvgIpc) is 4.02. The van der Waals surface area contributed by atoms with Gasteiger partial charge in [0.05, 0.1) is 57.9 Å². The van der Waals surface area contributed by atoms with Crippen LogP contribution in [0.15, 0.2) is 106 Å². The fourth-order valence-electron chi connectivity index (χ4n) is 4.35. The highest BCUT2D eigenvalue weighted by molar-refractivity contribution is 8.14. The zero-order chi connectivity index (χ0) is 47.7. The Labute approximate surface area is 406 Å². The monoisotopic (exact) mass is 1090 g/mol. The van der Waals surface area contributed by atoms with Crippen LogP contribution in [0.2, 0.25) is 0 Å². The highest BCUT2D eigenvalue weighted by Gasteiger charge is 2.19. The smallest absolute Gasteiger partial charge is 0.295 e. The fourth-order valence-corrected chi connectivity index (χ4v) is 8.06. The number of thiazole rings is 3. The summed E-state index contributed by atoms with van der Waals surface area (Å²) in [4.78, 5) is 30.3. The number of thiocyanates is 1. The fraction of sp³-hybridized carbons (Fsp3) is 0.0811. The molecule has 0 saturated carbocycles. The number of thioether (sulfide) groups is 1. The van der Waals surface area contributed by atoms with Crippen LogP contribution in [0.5, 0.6) is 0 Å². The number of hydrogen-bond donors (Lipinski definition) is 2. The number of nitrogen functional groups attached to an aromatic ring is 2. The second-order valence-corrected chi connectivity index (χ2v) is 17.8. The number of nitro benzene ring substituents is 2. The van der Waals surface area contributed by atoms with Crippen LogP contribution in [0.3, 0.4) is 0 Å². The number of para-hydroxylation sites is 1. The maximum Gasteiger partial charge on any atom is 0.295 e. The van der Waals surface area contributed by atoms with Gasteiger partial charge in [0.1, 0.15) is 61.0 Å². The first kappa shape index (κ1) is 61.3. The number of hydrogen-bond acceptors (Lipinski definition) is 19. The highest BCUT2D eigenvalue weighted by Crippen LogP contribution is 2.31. The summed E-state index contributed by atoms with van der Waals surface area (Å²) in [5, 5.41) is 30.8. The van der Waals surface area contributed by atoms with E-state index < -0.39 is 59.1 Å². The van der Waals surface area contributed by atoms with Crippen molar-refractivity contribution in [2.75, 3.05) is 11.5 Å². The van der Waals surface area contributed by atoms with E-state index >= 15 is 0 Å². The van der Waals surface area contributed by atoms with E-state index in [1.54, 1.807) is 35.2 Å². The van der Waals surface area contributed by atoms with Crippen LogP contribution in [0.4, 0.5) is 44.1 Å². The third kappa shape index (κ3) is 18.1. The lowest BCUT2D eigenvalue weighted by Crippen LogP contribution is -1.97. The summed E-state index contributed by atoms with van der Waals surface area (Å²) in [7, 11) is 1.29. The van der Waals surface area contributed by atoms with E-state index in [9.17, 15) is 50.6 Å². The van der Waals surface area contributed by atoms with E-state index in [4.69, 9.17) is 36.2 Å². The molecule has 30 heteroatoms. The predicted molar refractivity (Wildman–Crippen MR) is 254 cm³/mol. The maximum absolute atomic E-state index is 13.1.